The van der Waals surface area contributed by atoms with Crippen LogP contribution in [0.2, 0.25) is 5.02 Å². The molecule has 7 nitrogen and oxygen atoms in total. The van der Waals surface area contributed by atoms with Crippen molar-refractivity contribution in [3.05, 3.63) is 77.6 Å². The second kappa shape index (κ2) is 10.9. The number of hydrogen-bond acceptors (Lipinski definition) is 6. The van der Waals surface area contributed by atoms with Gasteiger partial charge < -0.3 is 15.8 Å². The van der Waals surface area contributed by atoms with Crippen molar-refractivity contribution in [2.45, 2.75) is 26.0 Å². The molecule has 0 bridgehead atoms. The average molecular weight is 535 g/mol. The second-order valence-electron chi connectivity index (χ2n) is 9.29. The van der Waals surface area contributed by atoms with Crippen LogP contribution in [0.1, 0.15) is 18.4 Å². The predicted molar refractivity (Wildman–Crippen MR) is 151 cm³/mol. The molecule has 0 radical (unpaired) electrons. The van der Waals surface area contributed by atoms with Crippen molar-refractivity contribution in [3.63, 3.8) is 0 Å². The maximum atomic E-state index is 6.32. The van der Waals surface area contributed by atoms with Crippen molar-refractivity contribution in [3.8, 4) is 17.0 Å². The number of benzene rings is 3. The fraction of sp³-hybridized carbons (Fsp3) is 0.250. The van der Waals surface area contributed by atoms with Crippen molar-refractivity contribution < 1.29 is 4.74 Å². The summed E-state index contributed by atoms with van der Waals surface area (Å²) in [6, 6.07) is 20.1. The molecule has 0 atom stereocenters. The molecule has 0 unspecified atom stereocenters. The summed E-state index contributed by atoms with van der Waals surface area (Å²) < 4.78 is 8.02. The lowest BCUT2D eigenvalue weighted by atomic mass is 9.98. The third-order valence-corrected chi connectivity index (χ3v) is 7.25. The predicted octanol–water partition coefficient (Wildman–Crippen LogP) is 5.88. The molecule has 0 amide bonds. The Balaban J connectivity index is 0.00000280. The van der Waals surface area contributed by atoms with E-state index in [2.05, 4.69) is 39.6 Å². The monoisotopic (exact) mass is 534 g/mol. The number of hydrogen-bond donors (Lipinski definition) is 2. The maximum Gasteiger partial charge on any atom is 0.163 e. The van der Waals surface area contributed by atoms with Gasteiger partial charge in [-0.3, -0.25) is 0 Å². The molecule has 3 N–H and O–H groups in total. The number of anilines is 1. The summed E-state index contributed by atoms with van der Waals surface area (Å²) >= 11 is 6.26. The molecule has 3 aromatic carbocycles. The molecule has 9 heteroatoms. The van der Waals surface area contributed by atoms with E-state index < -0.39 is 0 Å². The van der Waals surface area contributed by atoms with Crippen molar-refractivity contribution >= 4 is 51.6 Å². The molecule has 2 aromatic heterocycles. The molecule has 1 aliphatic heterocycles. The number of rotatable bonds is 6. The van der Waals surface area contributed by atoms with Gasteiger partial charge in [0.2, 0.25) is 0 Å². The topological polar surface area (TPSA) is 90.9 Å². The fourth-order valence-corrected chi connectivity index (χ4v) is 5.10. The summed E-state index contributed by atoms with van der Waals surface area (Å²) in [6.07, 6.45) is 3.79. The van der Waals surface area contributed by atoms with E-state index in [0.29, 0.717) is 23.4 Å². The van der Waals surface area contributed by atoms with E-state index in [-0.39, 0.29) is 12.4 Å². The van der Waals surface area contributed by atoms with Crippen LogP contribution in [0.25, 0.3) is 33.1 Å². The third-order valence-electron chi connectivity index (χ3n) is 6.89. The first-order chi connectivity index (χ1) is 17.7. The van der Waals surface area contributed by atoms with E-state index in [1.165, 1.54) is 6.33 Å². The lowest BCUT2D eigenvalue weighted by Crippen LogP contribution is -2.30. The Labute approximate surface area is 226 Å². The number of nitrogens with zero attached hydrogens (tertiary/aromatic N) is 4. The van der Waals surface area contributed by atoms with Gasteiger partial charge in [-0.25, -0.2) is 14.6 Å². The van der Waals surface area contributed by atoms with Crippen LogP contribution < -0.4 is 15.8 Å². The van der Waals surface area contributed by atoms with Gasteiger partial charge in [0.25, 0.3) is 0 Å². The summed E-state index contributed by atoms with van der Waals surface area (Å²) in [4.78, 5) is 8.80. The number of fused-ring (bicyclic) bond motifs is 2. The molecule has 0 aliphatic carbocycles. The quantitative estimate of drug-likeness (QED) is 0.282. The van der Waals surface area contributed by atoms with Crippen molar-refractivity contribution in [1.82, 2.24) is 25.1 Å². The minimum Gasteiger partial charge on any atom is -0.489 e. The van der Waals surface area contributed by atoms with Gasteiger partial charge in [0.1, 0.15) is 30.2 Å². The van der Waals surface area contributed by atoms with Crippen molar-refractivity contribution in [2.75, 3.05) is 18.8 Å². The number of nitrogens with one attached hydrogen (secondary N) is 1. The van der Waals surface area contributed by atoms with E-state index >= 15 is 0 Å². The van der Waals surface area contributed by atoms with Gasteiger partial charge in [-0.15, -0.1) is 12.4 Å². The van der Waals surface area contributed by atoms with Gasteiger partial charge in [-0.1, -0.05) is 48.0 Å². The Bertz CT molecular complexity index is 1550. The van der Waals surface area contributed by atoms with Crippen molar-refractivity contribution in [2.24, 2.45) is 5.92 Å². The van der Waals surface area contributed by atoms with Gasteiger partial charge in [-0.05, 0) is 66.9 Å². The van der Waals surface area contributed by atoms with E-state index in [9.17, 15) is 0 Å². The standard InChI is InChI=1S/C28H27ClN6O.ClH/c29-24-4-2-1-3-22(24)16-36-23-8-7-19-13-21(6-5-20(19)14-23)26-25-27(30)32-17-33-28(25)35(34-26)15-18-9-11-31-12-10-18;/h1-8,13-14,17-18,31H,9-12,15-16H2,(H2,30,32,33);1H. The highest BCUT2D eigenvalue weighted by Gasteiger charge is 2.21. The Morgan fingerprint density at radius 3 is 2.62 bits per heavy atom. The number of aromatic nitrogens is 4. The third kappa shape index (κ3) is 5.21. The molecule has 1 saturated heterocycles. The lowest BCUT2D eigenvalue weighted by Gasteiger charge is -2.22. The van der Waals surface area contributed by atoms with Gasteiger partial charge in [0.05, 0.1) is 5.39 Å². The summed E-state index contributed by atoms with van der Waals surface area (Å²) in [7, 11) is 0. The van der Waals surface area contributed by atoms with Gasteiger partial charge >= 0.3 is 0 Å². The van der Waals surface area contributed by atoms with Crippen LogP contribution >= 0.6 is 24.0 Å². The zero-order valence-electron chi connectivity index (χ0n) is 20.2. The van der Waals surface area contributed by atoms with Gasteiger partial charge in [0, 0.05) is 22.7 Å². The lowest BCUT2D eigenvalue weighted by molar-refractivity contribution is 0.307. The highest BCUT2D eigenvalue weighted by atomic mass is 35.5. The van der Waals surface area contributed by atoms with Crippen LogP contribution in [0.15, 0.2) is 67.0 Å². The number of nitrogen functional groups attached to an aromatic ring is 1. The Morgan fingerprint density at radius 1 is 1.00 bits per heavy atom. The van der Waals surface area contributed by atoms with E-state index in [1.54, 1.807) is 0 Å². The summed E-state index contributed by atoms with van der Waals surface area (Å²) in [5.74, 6) is 1.82. The van der Waals surface area contributed by atoms with E-state index in [4.69, 9.17) is 27.2 Å². The zero-order valence-corrected chi connectivity index (χ0v) is 21.8. The smallest absolute Gasteiger partial charge is 0.163 e. The first-order valence-electron chi connectivity index (χ1n) is 12.2. The first kappa shape index (κ1) is 25.3. The zero-order chi connectivity index (χ0) is 24.5. The molecule has 37 heavy (non-hydrogen) atoms. The fourth-order valence-electron chi connectivity index (χ4n) is 4.91. The molecule has 190 valence electrons. The molecular formula is C28H28Cl2N6O. The SMILES string of the molecule is Cl.Nc1ncnc2c1c(-c1ccc3cc(OCc4ccccc4Cl)ccc3c1)nn2CC1CCNCC1. The highest BCUT2D eigenvalue weighted by Crippen LogP contribution is 2.33. The summed E-state index contributed by atoms with van der Waals surface area (Å²) in [5, 5.41) is 12.1. The molecule has 0 spiro atoms. The molecule has 1 fully saturated rings. The minimum absolute atomic E-state index is 0. The first-order valence-corrected chi connectivity index (χ1v) is 12.6. The minimum atomic E-state index is 0. The highest BCUT2D eigenvalue weighted by molar-refractivity contribution is 6.31. The second-order valence-corrected chi connectivity index (χ2v) is 9.69. The number of halogens is 2. The average Bonchev–Trinajstić information content (AvgIpc) is 3.28. The van der Waals surface area contributed by atoms with Crippen LogP contribution in [0.3, 0.4) is 0 Å². The molecule has 6 rings (SSSR count). The van der Waals surface area contributed by atoms with E-state index in [1.807, 2.05) is 41.1 Å². The van der Waals surface area contributed by atoms with Crippen LogP contribution in [0.5, 0.6) is 5.75 Å². The molecule has 1 aliphatic rings. The van der Waals surface area contributed by atoms with Crippen LogP contribution in [-0.4, -0.2) is 32.8 Å². The number of piperidine rings is 1. The normalized spacial score (nSPS) is 14.1. The molecule has 5 aromatic rings. The Morgan fingerprint density at radius 2 is 1.78 bits per heavy atom. The summed E-state index contributed by atoms with van der Waals surface area (Å²) in [6.45, 7) is 3.34. The van der Waals surface area contributed by atoms with Gasteiger partial charge in [0.15, 0.2) is 5.65 Å². The van der Waals surface area contributed by atoms with E-state index in [0.717, 1.165) is 76.9 Å². The Hall–Kier alpha value is -3.39. The molecule has 0 saturated carbocycles. The molecular weight excluding hydrogens is 507 g/mol. The largest absolute Gasteiger partial charge is 0.489 e. The summed E-state index contributed by atoms with van der Waals surface area (Å²) in [5.41, 5.74) is 9.88. The van der Waals surface area contributed by atoms with Crippen molar-refractivity contribution in [1.29, 1.82) is 0 Å². The number of ether oxygens (including phenoxy) is 1. The maximum absolute atomic E-state index is 6.32. The number of nitrogens with two attached hydrogens (primary N) is 1. The molecule has 3 heterocycles. The van der Waals surface area contributed by atoms with Crippen LogP contribution in [-0.2, 0) is 13.2 Å². The van der Waals surface area contributed by atoms with Crippen LogP contribution in [0, 0.1) is 5.92 Å². The van der Waals surface area contributed by atoms with Gasteiger partial charge in [-0.2, -0.15) is 5.10 Å². The Kier molecular flexibility index (Phi) is 7.46. The van der Waals surface area contributed by atoms with Crippen LogP contribution in [0.4, 0.5) is 5.82 Å².